The monoisotopic (exact) mass is 303 g/mol. The third kappa shape index (κ3) is 2.69. The van der Waals surface area contributed by atoms with E-state index in [1.54, 1.807) is 20.5 Å². The van der Waals surface area contributed by atoms with Crippen LogP contribution in [0.25, 0.3) is 22.2 Å². The van der Waals surface area contributed by atoms with Gasteiger partial charge in [-0.1, -0.05) is 18.1 Å². The van der Waals surface area contributed by atoms with Gasteiger partial charge in [0.2, 0.25) is 0 Å². The topological polar surface area (TPSA) is 44.2 Å². The van der Waals surface area contributed by atoms with E-state index in [0.29, 0.717) is 11.5 Å². The number of benzene rings is 2. The molecule has 0 aliphatic rings. The third-order valence-corrected chi connectivity index (χ3v) is 3.52. The van der Waals surface area contributed by atoms with Crippen LogP contribution in [0.5, 0.6) is 11.5 Å². The van der Waals surface area contributed by atoms with Gasteiger partial charge in [0.15, 0.2) is 11.5 Å². The first-order valence-electron chi connectivity index (χ1n) is 7.08. The van der Waals surface area contributed by atoms with E-state index in [9.17, 15) is 0 Å². The summed E-state index contributed by atoms with van der Waals surface area (Å²) in [5.74, 6) is 7.30. The van der Waals surface area contributed by atoms with Gasteiger partial charge in [0, 0.05) is 22.6 Å². The summed E-state index contributed by atoms with van der Waals surface area (Å²) in [5, 5.41) is 0.885. The summed E-state index contributed by atoms with van der Waals surface area (Å²) in [5.41, 5.74) is 3.42. The summed E-state index contributed by atoms with van der Waals surface area (Å²) in [6.45, 7) is 1.81. The van der Waals surface area contributed by atoms with Crippen molar-refractivity contribution in [1.29, 1.82) is 0 Å². The zero-order valence-corrected chi connectivity index (χ0v) is 13.2. The van der Waals surface area contributed by atoms with E-state index in [4.69, 9.17) is 9.47 Å². The molecular formula is C19H15N2O2. The van der Waals surface area contributed by atoms with Crippen LogP contribution in [0.2, 0.25) is 0 Å². The molecule has 0 amide bonds. The second-order valence-corrected chi connectivity index (χ2v) is 4.79. The van der Waals surface area contributed by atoms with Crippen molar-refractivity contribution in [2.24, 2.45) is 0 Å². The second kappa shape index (κ2) is 6.37. The molecule has 0 N–H and O–H groups in total. The standard InChI is InChI=1S/C19H15N2O2/c1-4-7-13-8-5-6-9-14(13)19-15-10-17(22-2)18(23-3)11-16(15)20-12-21-19/h6,8-12H,1-3H3. The molecule has 3 rings (SSSR count). The predicted molar refractivity (Wildman–Crippen MR) is 89.5 cm³/mol. The highest BCUT2D eigenvalue weighted by atomic mass is 16.5. The van der Waals surface area contributed by atoms with E-state index in [2.05, 4.69) is 27.9 Å². The van der Waals surface area contributed by atoms with Crippen molar-refractivity contribution in [2.75, 3.05) is 14.2 Å². The zero-order valence-electron chi connectivity index (χ0n) is 13.2. The molecule has 113 valence electrons. The third-order valence-electron chi connectivity index (χ3n) is 3.52. The van der Waals surface area contributed by atoms with Crippen LogP contribution in [-0.2, 0) is 0 Å². The summed E-state index contributed by atoms with van der Waals surface area (Å²) in [7, 11) is 3.21. The van der Waals surface area contributed by atoms with Gasteiger partial charge < -0.3 is 9.47 Å². The van der Waals surface area contributed by atoms with Crippen LogP contribution in [0.15, 0.2) is 36.7 Å². The van der Waals surface area contributed by atoms with Crippen LogP contribution in [-0.4, -0.2) is 24.2 Å². The average molecular weight is 303 g/mol. The van der Waals surface area contributed by atoms with Crippen LogP contribution in [0.1, 0.15) is 12.5 Å². The Labute approximate surface area is 135 Å². The van der Waals surface area contributed by atoms with Crippen molar-refractivity contribution in [3.05, 3.63) is 48.3 Å². The SMILES string of the molecule is CC#Cc1c[c]ccc1-c1ncnc2cc(OC)c(OC)cc12. The van der Waals surface area contributed by atoms with Gasteiger partial charge in [-0.05, 0) is 25.1 Å². The van der Waals surface area contributed by atoms with Gasteiger partial charge in [-0.15, -0.1) is 5.92 Å². The molecule has 0 saturated carbocycles. The lowest BCUT2D eigenvalue weighted by atomic mass is 10.0. The van der Waals surface area contributed by atoms with E-state index >= 15 is 0 Å². The Hall–Kier alpha value is -3.06. The Morgan fingerprint density at radius 2 is 1.87 bits per heavy atom. The van der Waals surface area contributed by atoms with Gasteiger partial charge in [-0.3, -0.25) is 0 Å². The Bertz CT molecular complexity index is 924. The van der Waals surface area contributed by atoms with E-state index in [0.717, 1.165) is 27.7 Å². The number of rotatable bonds is 3. The number of hydrogen-bond acceptors (Lipinski definition) is 4. The molecule has 4 heteroatoms. The molecule has 1 radical (unpaired) electrons. The van der Waals surface area contributed by atoms with Crippen molar-refractivity contribution in [2.45, 2.75) is 6.92 Å². The molecule has 1 heterocycles. The van der Waals surface area contributed by atoms with Crippen LogP contribution in [0.4, 0.5) is 0 Å². The van der Waals surface area contributed by atoms with Crippen molar-refractivity contribution in [3.63, 3.8) is 0 Å². The molecule has 0 aliphatic carbocycles. The Kier molecular flexibility index (Phi) is 4.11. The van der Waals surface area contributed by atoms with Crippen molar-refractivity contribution in [1.82, 2.24) is 9.97 Å². The summed E-state index contributed by atoms with van der Waals surface area (Å²) >= 11 is 0. The lowest BCUT2D eigenvalue weighted by Crippen LogP contribution is -1.95. The van der Waals surface area contributed by atoms with Crippen molar-refractivity contribution in [3.8, 4) is 34.6 Å². The van der Waals surface area contributed by atoms with Crippen LogP contribution in [0, 0.1) is 17.9 Å². The van der Waals surface area contributed by atoms with Gasteiger partial charge in [0.25, 0.3) is 0 Å². The quantitative estimate of drug-likeness (QED) is 0.695. The Morgan fingerprint density at radius 1 is 1.09 bits per heavy atom. The first-order valence-corrected chi connectivity index (χ1v) is 7.08. The molecule has 0 saturated heterocycles. The van der Waals surface area contributed by atoms with Gasteiger partial charge in [-0.25, -0.2) is 9.97 Å². The van der Waals surface area contributed by atoms with E-state index in [1.165, 1.54) is 0 Å². The summed E-state index contributed by atoms with van der Waals surface area (Å²) in [4.78, 5) is 8.80. The normalized spacial score (nSPS) is 10.0. The molecule has 0 bridgehead atoms. The molecule has 1 aromatic heterocycles. The Morgan fingerprint density at radius 3 is 2.61 bits per heavy atom. The highest BCUT2D eigenvalue weighted by Gasteiger charge is 2.13. The van der Waals surface area contributed by atoms with Gasteiger partial charge >= 0.3 is 0 Å². The van der Waals surface area contributed by atoms with E-state index in [1.807, 2.05) is 37.3 Å². The van der Waals surface area contributed by atoms with Gasteiger partial charge in [0.1, 0.15) is 6.33 Å². The Balaban J connectivity index is 2.32. The number of nitrogens with zero attached hydrogens (tertiary/aromatic N) is 2. The smallest absolute Gasteiger partial charge is 0.162 e. The summed E-state index contributed by atoms with van der Waals surface area (Å²) in [6, 6.07) is 12.5. The number of hydrogen-bond donors (Lipinski definition) is 0. The lowest BCUT2D eigenvalue weighted by Gasteiger charge is -2.11. The maximum Gasteiger partial charge on any atom is 0.162 e. The largest absolute Gasteiger partial charge is 0.493 e. The number of fused-ring (bicyclic) bond motifs is 1. The summed E-state index contributed by atoms with van der Waals surface area (Å²) < 4.78 is 10.7. The molecule has 2 aromatic carbocycles. The second-order valence-electron chi connectivity index (χ2n) is 4.79. The van der Waals surface area contributed by atoms with E-state index in [-0.39, 0.29) is 0 Å². The molecule has 0 atom stereocenters. The molecule has 23 heavy (non-hydrogen) atoms. The molecule has 0 unspecified atom stereocenters. The maximum atomic E-state index is 5.40. The van der Waals surface area contributed by atoms with Crippen LogP contribution < -0.4 is 9.47 Å². The fraction of sp³-hybridized carbons (Fsp3) is 0.158. The molecule has 4 nitrogen and oxygen atoms in total. The highest BCUT2D eigenvalue weighted by molar-refractivity contribution is 5.95. The minimum atomic E-state index is 0.639. The van der Waals surface area contributed by atoms with Gasteiger partial charge in [-0.2, -0.15) is 0 Å². The van der Waals surface area contributed by atoms with Crippen LogP contribution in [0.3, 0.4) is 0 Å². The first-order chi connectivity index (χ1) is 11.3. The van der Waals surface area contributed by atoms with Crippen molar-refractivity contribution >= 4 is 10.9 Å². The minimum absolute atomic E-state index is 0.639. The molecule has 0 spiro atoms. The van der Waals surface area contributed by atoms with Crippen LogP contribution >= 0.6 is 0 Å². The zero-order chi connectivity index (χ0) is 16.2. The number of aromatic nitrogens is 2. The predicted octanol–water partition coefficient (Wildman–Crippen LogP) is 3.49. The average Bonchev–Trinajstić information content (AvgIpc) is 2.60. The van der Waals surface area contributed by atoms with Gasteiger partial charge in [0.05, 0.1) is 25.4 Å². The minimum Gasteiger partial charge on any atom is -0.493 e. The highest BCUT2D eigenvalue weighted by Crippen LogP contribution is 2.35. The van der Waals surface area contributed by atoms with E-state index < -0.39 is 0 Å². The first kappa shape index (κ1) is 14.9. The molecular weight excluding hydrogens is 288 g/mol. The maximum absolute atomic E-state index is 5.40. The number of methoxy groups -OCH3 is 2. The molecule has 0 aliphatic heterocycles. The fourth-order valence-electron chi connectivity index (χ4n) is 2.47. The summed E-state index contributed by atoms with van der Waals surface area (Å²) in [6.07, 6.45) is 1.55. The number of ether oxygens (including phenoxy) is 2. The van der Waals surface area contributed by atoms with Crippen molar-refractivity contribution < 1.29 is 9.47 Å². The molecule has 0 fully saturated rings. The lowest BCUT2D eigenvalue weighted by molar-refractivity contribution is 0.356. The molecule has 3 aromatic rings. The fourth-order valence-corrected chi connectivity index (χ4v) is 2.47.